The minimum atomic E-state index is -3.92. The Morgan fingerprint density at radius 1 is 0.518 bits per heavy atom. The van der Waals surface area contributed by atoms with Crippen molar-refractivity contribution in [3.63, 3.8) is 0 Å². The fraction of sp³-hybridized carbons (Fsp3) is 0.0213. The van der Waals surface area contributed by atoms with Gasteiger partial charge in [-0.1, -0.05) is 145 Å². The van der Waals surface area contributed by atoms with Crippen LogP contribution in [-0.2, 0) is 47.6 Å². The molecule has 0 spiro atoms. The number of hydrogen-bond acceptors (Lipinski definition) is 4. The maximum atomic E-state index is 9.08. The molecule has 0 unspecified atom stereocenters. The van der Waals surface area contributed by atoms with E-state index in [1.54, 1.807) is 0 Å². The van der Waals surface area contributed by atoms with Crippen LogP contribution in [0.2, 0.25) is 0 Å². The number of benzene rings is 6. The first-order chi connectivity index (χ1) is 26.3. The van der Waals surface area contributed by atoms with E-state index in [0.29, 0.717) is 6.26 Å². The molecule has 0 aliphatic carbocycles. The van der Waals surface area contributed by atoms with Gasteiger partial charge in [0.2, 0.25) is 0 Å². The van der Waals surface area contributed by atoms with Crippen LogP contribution in [-0.4, -0.2) is 19.2 Å². The third-order valence-corrected chi connectivity index (χ3v) is 12.7. The van der Waals surface area contributed by atoms with Crippen molar-refractivity contribution in [3.8, 4) is 11.1 Å². The molecule has 0 aliphatic heterocycles. The van der Waals surface area contributed by atoms with Gasteiger partial charge >= 0.3 is 37.5 Å². The normalized spacial score (nSPS) is 10.2. The van der Waals surface area contributed by atoms with E-state index in [0.717, 1.165) is 16.8 Å². The van der Waals surface area contributed by atoms with Gasteiger partial charge < -0.3 is 10.3 Å². The smallest absolute Gasteiger partial charge is 0.748 e. The van der Waals surface area contributed by atoms with E-state index in [4.69, 9.17) is 18.7 Å². The van der Waals surface area contributed by atoms with Crippen LogP contribution in [0.3, 0.4) is 0 Å². The predicted molar refractivity (Wildman–Crippen MR) is 232 cm³/mol. The molecule has 56 heavy (non-hydrogen) atoms. The zero-order valence-electron chi connectivity index (χ0n) is 30.6. The maximum Gasteiger partial charge on any atom is 2.00 e. The minimum absolute atomic E-state index is 0. The first kappa shape index (κ1) is 46.2. The number of para-hydroxylation sites is 1. The fourth-order valence-corrected chi connectivity index (χ4v) is 10.1. The van der Waals surface area contributed by atoms with Gasteiger partial charge in [-0.05, 0) is 48.8 Å². The van der Waals surface area contributed by atoms with Crippen LogP contribution in [0.25, 0.3) is 11.1 Å². The molecule has 0 saturated carbocycles. The van der Waals surface area contributed by atoms with Crippen LogP contribution >= 0.6 is 15.8 Å². The summed E-state index contributed by atoms with van der Waals surface area (Å²) in [5, 5.41) is 8.47. The largest absolute Gasteiger partial charge is 2.00 e. The molecule has 0 bridgehead atoms. The van der Waals surface area contributed by atoms with E-state index in [2.05, 4.69) is 176 Å². The second-order valence-corrected chi connectivity index (χ2v) is 17.7. The first-order valence-corrected chi connectivity index (χ1v) is 21.7. The quantitative estimate of drug-likeness (QED) is 0.0575. The van der Waals surface area contributed by atoms with Gasteiger partial charge in [0.25, 0.3) is 0 Å². The fourth-order valence-electron chi connectivity index (χ4n) is 5.53. The van der Waals surface area contributed by atoms with Crippen LogP contribution in [0.5, 0.6) is 0 Å². The summed E-state index contributed by atoms with van der Waals surface area (Å²) in [7, 11) is -4.73. The second kappa shape index (κ2) is 24.4. The number of hydrogen-bond donors (Lipinski definition) is 1. The SMILES string of the molecule is CS(=O)(=O)[O-].Nc1ccccc1-c1[c-]cccc1.[Fe+2].[Pd+2].c1ccc(P(c2ccccc2)c2ccc[cH-]2)cc1.c1ccc(P(c2ccccc2)c2ccc[cH-]2)cc1. The van der Waals surface area contributed by atoms with Crippen LogP contribution in [0.1, 0.15) is 0 Å². The molecule has 0 aromatic heterocycles. The summed E-state index contributed by atoms with van der Waals surface area (Å²) in [4.78, 5) is 0. The Balaban J connectivity index is 0.000000211. The number of anilines is 1. The topological polar surface area (TPSA) is 83.2 Å². The zero-order chi connectivity index (χ0) is 38.0. The van der Waals surface area contributed by atoms with Gasteiger partial charge in [0.05, 0.1) is 10.1 Å². The van der Waals surface area contributed by atoms with Gasteiger partial charge in [0.15, 0.2) is 0 Å². The molecule has 0 heterocycles. The van der Waals surface area contributed by atoms with E-state index in [9.17, 15) is 0 Å². The van der Waals surface area contributed by atoms with Gasteiger partial charge in [-0.3, -0.25) is 0 Å². The summed E-state index contributed by atoms with van der Waals surface area (Å²) in [5.74, 6) is 0. The molecular weight excluding hydrogens is 883 g/mol. The molecular formula is C47H41FeNO3P2PdS. The second-order valence-electron chi connectivity index (χ2n) is 11.9. The van der Waals surface area contributed by atoms with Gasteiger partial charge in [0, 0.05) is 6.26 Å². The van der Waals surface area contributed by atoms with E-state index < -0.39 is 26.0 Å². The van der Waals surface area contributed by atoms with Crippen molar-refractivity contribution in [2.24, 2.45) is 0 Å². The van der Waals surface area contributed by atoms with Gasteiger partial charge in [0.1, 0.15) is 0 Å². The van der Waals surface area contributed by atoms with E-state index >= 15 is 0 Å². The third kappa shape index (κ3) is 15.0. The maximum absolute atomic E-state index is 9.08. The van der Waals surface area contributed by atoms with Crippen molar-refractivity contribution in [2.45, 2.75) is 0 Å². The molecule has 8 aromatic rings. The Labute approximate surface area is 359 Å². The molecule has 0 atom stereocenters. The number of nitrogens with two attached hydrogens (primary N) is 1. The Morgan fingerprint density at radius 2 is 0.857 bits per heavy atom. The summed E-state index contributed by atoms with van der Waals surface area (Å²) in [6, 6.07) is 79.3. The number of rotatable bonds is 7. The van der Waals surface area contributed by atoms with Crippen LogP contribution in [0.4, 0.5) is 5.69 Å². The van der Waals surface area contributed by atoms with Crippen LogP contribution < -0.4 is 37.6 Å². The van der Waals surface area contributed by atoms with Crippen molar-refractivity contribution in [2.75, 3.05) is 12.0 Å². The monoisotopic (exact) mass is 923 g/mol. The molecule has 8 rings (SSSR count). The Hall–Kier alpha value is -4.23. The summed E-state index contributed by atoms with van der Waals surface area (Å²) in [5.41, 5.74) is 8.72. The standard InChI is InChI=1S/2C17H14P.C12H10N.CH4O3S.Fe.Pd/c2*1-3-9-15(10-4-1)18(17-13-7-8-14-17)16-11-5-2-6-12-16;13-12-9-5-4-8-11(12)10-6-2-1-3-7-10;1-5(2,3)4;;/h2*1-14H;1-6,8-9H,13H2;1H3,(H,2,3,4);;/q3*-1;;2*+2/p-1. The molecule has 9 heteroatoms. The molecule has 0 radical (unpaired) electrons. The Kier molecular flexibility index (Phi) is 20.1. The van der Waals surface area contributed by atoms with E-state index in [1.807, 2.05) is 48.5 Å². The number of nitrogen functional groups attached to an aromatic ring is 1. The molecule has 0 amide bonds. The van der Waals surface area contributed by atoms with Gasteiger partial charge in [-0.15, -0.1) is 46.5 Å². The molecule has 8 aromatic carbocycles. The van der Waals surface area contributed by atoms with Crippen molar-refractivity contribution in [1.29, 1.82) is 0 Å². The van der Waals surface area contributed by atoms with Crippen LogP contribution in [0.15, 0.2) is 218 Å². The summed E-state index contributed by atoms with van der Waals surface area (Å²) in [6.45, 7) is 0. The van der Waals surface area contributed by atoms with Gasteiger partial charge in [-0.2, -0.15) is 24.3 Å². The first-order valence-electron chi connectivity index (χ1n) is 17.2. The minimum Gasteiger partial charge on any atom is -0.748 e. The molecule has 286 valence electrons. The summed E-state index contributed by atoms with van der Waals surface area (Å²) < 4.78 is 27.2. The summed E-state index contributed by atoms with van der Waals surface area (Å²) >= 11 is 0. The Morgan fingerprint density at radius 3 is 1.16 bits per heavy atom. The van der Waals surface area contributed by atoms with Crippen molar-refractivity contribution in [1.82, 2.24) is 0 Å². The van der Waals surface area contributed by atoms with Crippen molar-refractivity contribution in [3.05, 3.63) is 224 Å². The molecule has 4 nitrogen and oxygen atoms in total. The molecule has 2 N–H and O–H groups in total. The predicted octanol–water partition coefficient (Wildman–Crippen LogP) is 8.22. The van der Waals surface area contributed by atoms with Crippen molar-refractivity contribution < 1.29 is 50.5 Å². The van der Waals surface area contributed by atoms with Gasteiger partial charge in [-0.25, -0.2) is 32.7 Å². The van der Waals surface area contributed by atoms with Crippen molar-refractivity contribution >= 4 is 63.5 Å². The molecule has 0 fully saturated rings. The van der Waals surface area contributed by atoms with E-state index in [-0.39, 0.29) is 37.5 Å². The third-order valence-electron chi connectivity index (χ3n) is 7.82. The molecule has 0 aliphatic rings. The van der Waals surface area contributed by atoms with E-state index in [1.165, 1.54) is 31.8 Å². The average molecular weight is 924 g/mol. The Bertz CT molecular complexity index is 2120. The average Bonchev–Trinajstić information content (AvgIpc) is 3.94. The summed E-state index contributed by atoms with van der Waals surface area (Å²) in [6.07, 6.45) is 0.604. The van der Waals surface area contributed by atoms with Crippen LogP contribution in [0, 0.1) is 6.07 Å². The zero-order valence-corrected chi connectivity index (χ0v) is 35.8. The molecule has 0 saturated heterocycles.